The van der Waals surface area contributed by atoms with Crippen molar-refractivity contribution >= 4 is 0 Å². The first-order chi connectivity index (χ1) is 5.86. The molecule has 2 heterocycles. The van der Waals surface area contributed by atoms with Gasteiger partial charge < -0.3 is 4.74 Å². The van der Waals surface area contributed by atoms with Crippen molar-refractivity contribution in [1.82, 2.24) is 4.90 Å². The fourth-order valence-electron chi connectivity index (χ4n) is 2.01. The Hall–Kier alpha value is -0.150. The predicted molar refractivity (Wildman–Crippen MR) is 44.9 cm³/mol. The van der Waals surface area contributed by atoms with Gasteiger partial charge in [0.15, 0.2) is 0 Å². The van der Waals surface area contributed by atoms with Gasteiger partial charge in [0.05, 0.1) is 0 Å². The maximum Gasteiger partial charge on any atom is 0.125 e. The summed E-state index contributed by atoms with van der Waals surface area (Å²) in [6.45, 7) is 3.07. The summed E-state index contributed by atoms with van der Waals surface area (Å²) in [5.74, 6) is 0. The molecule has 2 saturated heterocycles. The summed E-state index contributed by atoms with van der Waals surface area (Å²) in [6, 6.07) is 0.597. The molecule has 2 nitrogen and oxygen atoms in total. The van der Waals surface area contributed by atoms with Crippen LogP contribution in [0.15, 0.2) is 0 Å². The molecule has 2 aliphatic rings. The molecule has 2 rings (SSSR count). The topological polar surface area (TPSA) is 12.5 Å². The summed E-state index contributed by atoms with van der Waals surface area (Å²) < 4.78 is 17.9. The van der Waals surface area contributed by atoms with Gasteiger partial charge in [0.1, 0.15) is 6.17 Å². The van der Waals surface area contributed by atoms with E-state index in [4.69, 9.17) is 4.74 Å². The van der Waals surface area contributed by atoms with Crippen LogP contribution in [0.4, 0.5) is 4.39 Å². The third-order valence-electron chi connectivity index (χ3n) is 2.80. The van der Waals surface area contributed by atoms with Crippen LogP contribution in [0.3, 0.4) is 0 Å². The number of ether oxygens (including phenoxy) is 1. The average Bonchev–Trinajstić information content (AvgIpc) is 2.26. The summed E-state index contributed by atoms with van der Waals surface area (Å²) in [7, 11) is 0. The van der Waals surface area contributed by atoms with E-state index < -0.39 is 6.17 Å². The van der Waals surface area contributed by atoms with Crippen molar-refractivity contribution in [3.63, 3.8) is 0 Å². The smallest absolute Gasteiger partial charge is 0.125 e. The van der Waals surface area contributed by atoms with Gasteiger partial charge in [0.25, 0.3) is 0 Å². The zero-order chi connectivity index (χ0) is 8.39. The van der Waals surface area contributed by atoms with E-state index >= 15 is 0 Å². The molecule has 0 aromatic rings. The molecule has 1 unspecified atom stereocenters. The fraction of sp³-hybridized carbons (Fsp3) is 1.00. The standard InChI is InChI=1S/C9H16FNO/c10-8-6-11(7-8)9-2-1-4-12-5-3-9/h8-9H,1-7H2. The first-order valence-electron chi connectivity index (χ1n) is 4.82. The van der Waals surface area contributed by atoms with Crippen LogP contribution in [0, 0.1) is 0 Å². The van der Waals surface area contributed by atoms with Gasteiger partial charge in [-0.3, -0.25) is 4.90 Å². The highest BCUT2D eigenvalue weighted by atomic mass is 19.1. The van der Waals surface area contributed by atoms with Gasteiger partial charge in [0, 0.05) is 32.3 Å². The van der Waals surface area contributed by atoms with E-state index in [1.807, 2.05) is 0 Å². The maximum absolute atomic E-state index is 12.6. The molecule has 1 atom stereocenters. The third kappa shape index (κ3) is 1.77. The molecule has 0 aliphatic carbocycles. The van der Waals surface area contributed by atoms with E-state index in [0.717, 1.165) is 26.1 Å². The molecule has 0 spiro atoms. The molecule has 12 heavy (non-hydrogen) atoms. The van der Waals surface area contributed by atoms with Gasteiger partial charge in [-0.15, -0.1) is 0 Å². The number of hydrogen-bond donors (Lipinski definition) is 0. The number of likely N-dealkylation sites (tertiary alicyclic amines) is 1. The Morgan fingerprint density at radius 3 is 2.75 bits per heavy atom. The monoisotopic (exact) mass is 173 g/mol. The molecule has 0 amide bonds. The second-order valence-corrected chi connectivity index (χ2v) is 3.75. The molecule has 0 saturated carbocycles. The molecule has 2 aliphatic heterocycles. The predicted octanol–water partition coefficient (Wildman–Crippen LogP) is 1.21. The molecule has 0 radical (unpaired) electrons. The summed E-state index contributed by atoms with van der Waals surface area (Å²) >= 11 is 0. The van der Waals surface area contributed by atoms with Crippen LogP contribution >= 0.6 is 0 Å². The van der Waals surface area contributed by atoms with Crippen molar-refractivity contribution in [2.24, 2.45) is 0 Å². The third-order valence-corrected chi connectivity index (χ3v) is 2.80. The number of alkyl halides is 1. The van der Waals surface area contributed by atoms with Crippen LogP contribution in [-0.4, -0.2) is 43.4 Å². The van der Waals surface area contributed by atoms with E-state index in [1.54, 1.807) is 0 Å². The van der Waals surface area contributed by atoms with Crippen LogP contribution in [0.1, 0.15) is 19.3 Å². The van der Waals surface area contributed by atoms with Gasteiger partial charge in [0.2, 0.25) is 0 Å². The first-order valence-corrected chi connectivity index (χ1v) is 4.82. The number of rotatable bonds is 1. The number of nitrogens with zero attached hydrogens (tertiary/aromatic N) is 1. The Labute approximate surface area is 72.7 Å². The Morgan fingerprint density at radius 2 is 2.00 bits per heavy atom. The molecule has 0 N–H and O–H groups in total. The van der Waals surface area contributed by atoms with E-state index in [2.05, 4.69) is 4.90 Å². The minimum Gasteiger partial charge on any atom is -0.381 e. The van der Waals surface area contributed by atoms with Crippen LogP contribution in [-0.2, 0) is 4.74 Å². The van der Waals surface area contributed by atoms with E-state index in [9.17, 15) is 4.39 Å². The number of halogens is 1. The van der Waals surface area contributed by atoms with Crippen molar-refractivity contribution in [1.29, 1.82) is 0 Å². The molecule has 0 bridgehead atoms. The van der Waals surface area contributed by atoms with Crippen LogP contribution in [0.25, 0.3) is 0 Å². The lowest BCUT2D eigenvalue weighted by molar-refractivity contribution is 0.0195. The quantitative estimate of drug-likeness (QED) is 0.591. The lowest BCUT2D eigenvalue weighted by Gasteiger charge is -2.40. The zero-order valence-corrected chi connectivity index (χ0v) is 7.34. The van der Waals surface area contributed by atoms with Gasteiger partial charge in [-0.1, -0.05) is 0 Å². The van der Waals surface area contributed by atoms with Crippen molar-refractivity contribution in [2.75, 3.05) is 26.3 Å². The van der Waals surface area contributed by atoms with E-state index in [1.165, 1.54) is 6.42 Å². The van der Waals surface area contributed by atoms with Gasteiger partial charge in [-0.25, -0.2) is 4.39 Å². The van der Waals surface area contributed by atoms with E-state index in [0.29, 0.717) is 19.1 Å². The van der Waals surface area contributed by atoms with Crippen molar-refractivity contribution < 1.29 is 9.13 Å². The van der Waals surface area contributed by atoms with Crippen molar-refractivity contribution in [3.8, 4) is 0 Å². The summed E-state index contributed by atoms with van der Waals surface area (Å²) in [5.41, 5.74) is 0. The normalized spacial score (nSPS) is 34.2. The molecule has 0 aromatic carbocycles. The highest BCUT2D eigenvalue weighted by molar-refractivity contribution is 4.85. The van der Waals surface area contributed by atoms with Gasteiger partial charge in [-0.05, 0) is 19.3 Å². The Morgan fingerprint density at radius 1 is 1.17 bits per heavy atom. The van der Waals surface area contributed by atoms with Crippen molar-refractivity contribution in [3.05, 3.63) is 0 Å². The van der Waals surface area contributed by atoms with E-state index in [-0.39, 0.29) is 0 Å². The highest BCUT2D eigenvalue weighted by Crippen LogP contribution is 2.22. The highest BCUT2D eigenvalue weighted by Gasteiger charge is 2.32. The van der Waals surface area contributed by atoms with Crippen LogP contribution in [0.5, 0.6) is 0 Å². The molecular weight excluding hydrogens is 157 g/mol. The molecule has 0 aromatic heterocycles. The maximum atomic E-state index is 12.6. The molecule has 3 heteroatoms. The lowest BCUT2D eigenvalue weighted by atomic mass is 10.0. The first kappa shape index (κ1) is 8.45. The second-order valence-electron chi connectivity index (χ2n) is 3.75. The van der Waals surface area contributed by atoms with Crippen LogP contribution < -0.4 is 0 Å². The fourth-order valence-corrected chi connectivity index (χ4v) is 2.01. The Bertz CT molecular complexity index is 139. The Kier molecular flexibility index (Phi) is 2.61. The summed E-state index contributed by atoms with van der Waals surface area (Å²) in [5, 5.41) is 0. The molecular formula is C9H16FNO. The van der Waals surface area contributed by atoms with Gasteiger partial charge in [-0.2, -0.15) is 0 Å². The lowest BCUT2D eigenvalue weighted by Crippen LogP contribution is -2.53. The molecule has 2 fully saturated rings. The SMILES string of the molecule is FC1CN(C2CCCOCC2)C1. The second kappa shape index (κ2) is 3.71. The minimum absolute atomic E-state index is 0.561. The largest absolute Gasteiger partial charge is 0.381 e. The summed E-state index contributed by atoms with van der Waals surface area (Å²) in [6.07, 6.45) is 2.85. The Balaban J connectivity index is 1.78. The van der Waals surface area contributed by atoms with Gasteiger partial charge >= 0.3 is 0 Å². The summed E-state index contributed by atoms with van der Waals surface area (Å²) in [4.78, 5) is 2.25. The zero-order valence-electron chi connectivity index (χ0n) is 7.34. The minimum atomic E-state index is -0.561. The molecule has 70 valence electrons. The average molecular weight is 173 g/mol. The number of hydrogen-bond acceptors (Lipinski definition) is 2. The van der Waals surface area contributed by atoms with Crippen LogP contribution in [0.2, 0.25) is 0 Å². The van der Waals surface area contributed by atoms with Crippen molar-refractivity contribution in [2.45, 2.75) is 31.5 Å².